The second-order valence-corrected chi connectivity index (χ2v) is 5.54. The molecular formula is C15H25NO. The van der Waals surface area contributed by atoms with Gasteiger partial charge in [0.25, 0.3) is 0 Å². The van der Waals surface area contributed by atoms with Crippen LogP contribution in [0, 0.1) is 5.92 Å². The van der Waals surface area contributed by atoms with E-state index in [9.17, 15) is 0 Å². The van der Waals surface area contributed by atoms with E-state index < -0.39 is 0 Å². The fourth-order valence-electron chi connectivity index (χ4n) is 3.01. The molecule has 1 aliphatic carbocycles. The third kappa shape index (κ3) is 3.88. The maximum absolute atomic E-state index is 5.39. The molecule has 1 aromatic heterocycles. The second kappa shape index (κ2) is 6.25. The summed E-state index contributed by atoms with van der Waals surface area (Å²) in [4.78, 5) is 0. The minimum absolute atomic E-state index is 0.498. The molecule has 1 N–H and O–H groups in total. The molecule has 0 spiro atoms. The molecule has 0 amide bonds. The zero-order valence-corrected chi connectivity index (χ0v) is 11.1. The Morgan fingerprint density at radius 1 is 1.29 bits per heavy atom. The molecule has 2 nitrogen and oxygen atoms in total. The van der Waals surface area contributed by atoms with Crippen LogP contribution in [0.25, 0.3) is 0 Å². The highest BCUT2D eigenvalue weighted by Crippen LogP contribution is 2.26. The Hall–Kier alpha value is -0.760. The molecule has 2 atom stereocenters. The van der Waals surface area contributed by atoms with E-state index in [0.29, 0.717) is 12.1 Å². The lowest BCUT2D eigenvalue weighted by Gasteiger charge is -2.30. The summed E-state index contributed by atoms with van der Waals surface area (Å²) in [7, 11) is 0. The largest absolute Gasteiger partial charge is 0.469 e. The van der Waals surface area contributed by atoms with E-state index in [0.717, 1.165) is 18.1 Å². The molecule has 2 heteroatoms. The van der Waals surface area contributed by atoms with E-state index in [4.69, 9.17) is 4.42 Å². The SMILES string of the molecule is CC(Cc1ccco1)N[C@H](C)C1CCCCC1. The van der Waals surface area contributed by atoms with Crippen LogP contribution in [-0.4, -0.2) is 12.1 Å². The van der Waals surface area contributed by atoms with Crippen molar-refractivity contribution in [3.8, 4) is 0 Å². The van der Waals surface area contributed by atoms with Crippen LogP contribution in [0.15, 0.2) is 22.8 Å². The number of nitrogens with one attached hydrogen (secondary N) is 1. The molecule has 0 aromatic carbocycles. The Balaban J connectivity index is 1.75. The van der Waals surface area contributed by atoms with Crippen molar-refractivity contribution in [3.05, 3.63) is 24.2 Å². The maximum atomic E-state index is 5.39. The second-order valence-electron chi connectivity index (χ2n) is 5.54. The van der Waals surface area contributed by atoms with Crippen molar-refractivity contribution in [2.24, 2.45) is 5.92 Å². The summed E-state index contributed by atoms with van der Waals surface area (Å²) >= 11 is 0. The summed E-state index contributed by atoms with van der Waals surface area (Å²) < 4.78 is 5.39. The van der Waals surface area contributed by atoms with Gasteiger partial charge in [-0.05, 0) is 44.7 Å². The molecule has 17 heavy (non-hydrogen) atoms. The summed E-state index contributed by atoms with van der Waals surface area (Å²) in [5, 5.41) is 3.73. The summed E-state index contributed by atoms with van der Waals surface area (Å²) in [6.07, 6.45) is 9.83. The Morgan fingerprint density at radius 2 is 2.06 bits per heavy atom. The molecule has 1 fully saturated rings. The van der Waals surface area contributed by atoms with Gasteiger partial charge in [0.05, 0.1) is 6.26 Å². The van der Waals surface area contributed by atoms with Gasteiger partial charge in [-0.15, -0.1) is 0 Å². The van der Waals surface area contributed by atoms with Crippen LogP contribution in [-0.2, 0) is 6.42 Å². The first-order chi connectivity index (χ1) is 8.25. The summed E-state index contributed by atoms with van der Waals surface area (Å²) in [6, 6.07) is 5.16. The van der Waals surface area contributed by atoms with Crippen molar-refractivity contribution in [1.82, 2.24) is 5.32 Å². The fourth-order valence-corrected chi connectivity index (χ4v) is 3.01. The molecule has 1 unspecified atom stereocenters. The predicted octanol–water partition coefficient (Wildman–Crippen LogP) is 3.77. The molecule has 0 radical (unpaired) electrons. The van der Waals surface area contributed by atoms with Gasteiger partial charge in [-0.1, -0.05) is 19.3 Å². The Labute approximate surface area is 105 Å². The Kier molecular flexibility index (Phi) is 4.66. The lowest BCUT2D eigenvalue weighted by molar-refractivity contribution is 0.264. The lowest BCUT2D eigenvalue weighted by atomic mass is 9.84. The zero-order chi connectivity index (χ0) is 12.1. The molecule has 1 saturated carbocycles. The topological polar surface area (TPSA) is 25.2 Å². The van der Waals surface area contributed by atoms with Crippen LogP contribution >= 0.6 is 0 Å². The normalized spacial score (nSPS) is 21.3. The summed E-state index contributed by atoms with van der Waals surface area (Å²) in [6.45, 7) is 4.59. The highest BCUT2D eigenvalue weighted by atomic mass is 16.3. The third-order valence-electron chi connectivity index (χ3n) is 3.99. The monoisotopic (exact) mass is 235 g/mol. The molecular weight excluding hydrogens is 210 g/mol. The number of rotatable bonds is 5. The molecule has 0 bridgehead atoms. The summed E-state index contributed by atoms with van der Waals surface area (Å²) in [5.41, 5.74) is 0. The van der Waals surface area contributed by atoms with Crippen LogP contribution in [0.3, 0.4) is 0 Å². The van der Waals surface area contributed by atoms with Crippen molar-refractivity contribution in [2.45, 2.75) is 64.5 Å². The summed E-state index contributed by atoms with van der Waals surface area (Å²) in [5.74, 6) is 1.96. The van der Waals surface area contributed by atoms with Gasteiger partial charge in [-0.3, -0.25) is 0 Å². The lowest BCUT2D eigenvalue weighted by Crippen LogP contribution is -2.41. The van der Waals surface area contributed by atoms with E-state index in [1.54, 1.807) is 6.26 Å². The molecule has 0 saturated heterocycles. The molecule has 96 valence electrons. The highest BCUT2D eigenvalue weighted by molar-refractivity contribution is 5.00. The van der Waals surface area contributed by atoms with Crippen molar-refractivity contribution in [1.29, 1.82) is 0 Å². The molecule has 1 aliphatic rings. The zero-order valence-electron chi connectivity index (χ0n) is 11.1. The van der Waals surface area contributed by atoms with Gasteiger partial charge < -0.3 is 9.73 Å². The van der Waals surface area contributed by atoms with Crippen LogP contribution in [0.1, 0.15) is 51.7 Å². The molecule has 0 aliphatic heterocycles. The van der Waals surface area contributed by atoms with Crippen molar-refractivity contribution in [2.75, 3.05) is 0 Å². The van der Waals surface area contributed by atoms with Gasteiger partial charge in [0, 0.05) is 18.5 Å². The van der Waals surface area contributed by atoms with Crippen molar-refractivity contribution in [3.63, 3.8) is 0 Å². The van der Waals surface area contributed by atoms with E-state index >= 15 is 0 Å². The van der Waals surface area contributed by atoms with Crippen LogP contribution in [0.2, 0.25) is 0 Å². The number of hydrogen-bond acceptors (Lipinski definition) is 2. The Morgan fingerprint density at radius 3 is 2.71 bits per heavy atom. The molecule has 1 heterocycles. The predicted molar refractivity (Wildman–Crippen MR) is 71.0 cm³/mol. The minimum Gasteiger partial charge on any atom is -0.469 e. The average Bonchev–Trinajstić information content (AvgIpc) is 2.82. The van der Waals surface area contributed by atoms with Crippen LogP contribution in [0.4, 0.5) is 0 Å². The van der Waals surface area contributed by atoms with Crippen LogP contribution < -0.4 is 5.32 Å². The van der Waals surface area contributed by atoms with Crippen molar-refractivity contribution >= 4 is 0 Å². The Bertz CT molecular complexity index is 301. The van der Waals surface area contributed by atoms with Gasteiger partial charge in [0.1, 0.15) is 5.76 Å². The average molecular weight is 235 g/mol. The molecule has 1 aromatic rings. The highest BCUT2D eigenvalue weighted by Gasteiger charge is 2.21. The van der Waals surface area contributed by atoms with Gasteiger partial charge in [0.2, 0.25) is 0 Å². The van der Waals surface area contributed by atoms with Gasteiger partial charge in [-0.2, -0.15) is 0 Å². The first kappa shape index (κ1) is 12.7. The smallest absolute Gasteiger partial charge is 0.105 e. The van der Waals surface area contributed by atoms with E-state index in [1.165, 1.54) is 32.1 Å². The first-order valence-electron chi connectivity index (χ1n) is 7.04. The first-order valence-corrected chi connectivity index (χ1v) is 7.04. The van der Waals surface area contributed by atoms with Gasteiger partial charge >= 0.3 is 0 Å². The van der Waals surface area contributed by atoms with Crippen LogP contribution in [0.5, 0.6) is 0 Å². The van der Waals surface area contributed by atoms with E-state index in [2.05, 4.69) is 25.2 Å². The minimum atomic E-state index is 0.498. The standard InChI is InChI=1S/C15H25NO/c1-12(11-15-9-6-10-17-15)16-13(2)14-7-4-3-5-8-14/h6,9-10,12-14,16H,3-5,7-8,11H2,1-2H3/t12?,13-/m1/s1. The van der Waals surface area contributed by atoms with E-state index in [-0.39, 0.29) is 0 Å². The van der Waals surface area contributed by atoms with Gasteiger partial charge in [-0.25, -0.2) is 0 Å². The number of furan rings is 1. The molecule has 2 rings (SSSR count). The third-order valence-corrected chi connectivity index (χ3v) is 3.99. The quantitative estimate of drug-likeness (QED) is 0.840. The fraction of sp³-hybridized carbons (Fsp3) is 0.733. The van der Waals surface area contributed by atoms with E-state index in [1.807, 2.05) is 6.07 Å². The maximum Gasteiger partial charge on any atom is 0.105 e. The van der Waals surface area contributed by atoms with Crippen molar-refractivity contribution < 1.29 is 4.42 Å². The number of hydrogen-bond donors (Lipinski definition) is 1. The van der Waals surface area contributed by atoms with Gasteiger partial charge in [0.15, 0.2) is 0 Å².